The first-order valence-corrected chi connectivity index (χ1v) is 9.08. The van der Waals surface area contributed by atoms with Crippen LogP contribution in [0.4, 0.5) is 0 Å². The molecule has 0 atom stereocenters. The van der Waals surface area contributed by atoms with Crippen molar-refractivity contribution in [1.29, 1.82) is 0 Å². The zero-order valence-electron chi connectivity index (χ0n) is 12.2. The van der Waals surface area contributed by atoms with E-state index in [2.05, 4.69) is 94.8 Å². The van der Waals surface area contributed by atoms with E-state index in [1.165, 1.54) is 26.1 Å². The van der Waals surface area contributed by atoms with Gasteiger partial charge in [-0.2, -0.15) is 0 Å². The van der Waals surface area contributed by atoms with Crippen LogP contribution in [0.3, 0.4) is 0 Å². The third-order valence-electron chi connectivity index (χ3n) is 3.51. The van der Waals surface area contributed by atoms with Gasteiger partial charge in [-0.15, -0.1) is 11.8 Å². The quantitative estimate of drug-likeness (QED) is 0.474. The van der Waals surface area contributed by atoms with Crippen molar-refractivity contribution >= 4 is 27.7 Å². The van der Waals surface area contributed by atoms with Crippen molar-refractivity contribution in [3.05, 3.63) is 100 Å². The fourth-order valence-electron chi connectivity index (χ4n) is 2.32. The first-order valence-electron chi connectivity index (χ1n) is 7.30. The molecule has 0 aliphatic rings. The first kappa shape index (κ1) is 15.4. The van der Waals surface area contributed by atoms with Gasteiger partial charge < -0.3 is 0 Å². The summed E-state index contributed by atoms with van der Waals surface area (Å²) < 4.78 is 1.19. The van der Waals surface area contributed by atoms with E-state index in [-0.39, 0.29) is 0 Å². The molecule has 0 bridgehead atoms. The van der Waals surface area contributed by atoms with Crippen molar-refractivity contribution in [2.75, 3.05) is 0 Å². The highest BCUT2D eigenvalue weighted by molar-refractivity contribution is 9.10. The lowest BCUT2D eigenvalue weighted by molar-refractivity contribution is 1.16. The Morgan fingerprint density at radius 3 is 2.00 bits per heavy atom. The molecule has 3 aromatic rings. The molecule has 0 amide bonds. The van der Waals surface area contributed by atoms with Gasteiger partial charge in [0, 0.05) is 15.1 Å². The molecule has 2 heteroatoms. The Labute approximate surface area is 144 Å². The number of halogens is 1. The van der Waals surface area contributed by atoms with Gasteiger partial charge in [-0.05, 0) is 35.2 Å². The second-order valence-electron chi connectivity index (χ2n) is 5.19. The Morgan fingerprint density at radius 1 is 0.727 bits per heavy atom. The van der Waals surface area contributed by atoms with Crippen LogP contribution in [0.1, 0.15) is 16.7 Å². The van der Waals surface area contributed by atoms with Gasteiger partial charge in [0.1, 0.15) is 0 Å². The smallest absolute Gasteiger partial charge is 0.0231 e. The summed E-state index contributed by atoms with van der Waals surface area (Å²) in [6, 6.07) is 27.8. The molecule has 0 aliphatic heterocycles. The largest absolute Gasteiger partial charge is 0.121 e. The van der Waals surface area contributed by atoms with Gasteiger partial charge in [-0.25, -0.2) is 0 Å². The standard InChI is InChI=1S/C20H17BrS/c21-20-14-19(22-15-17-9-5-2-6-10-17)12-11-18(20)13-16-7-3-1-4-8-16/h1-12,14H,13,15H2. The van der Waals surface area contributed by atoms with E-state index in [0.29, 0.717) is 0 Å². The lowest BCUT2D eigenvalue weighted by atomic mass is 10.1. The van der Waals surface area contributed by atoms with Crippen LogP contribution in [0.25, 0.3) is 0 Å². The third-order valence-corrected chi connectivity index (χ3v) is 5.31. The van der Waals surface area contributed by atoms with Gasteiger partial charge in [0.25, 0.3) is 0 Å². The summed E-state index contributed by atoms with van der Waals surface area (Å²) in [7, 11) is 0. The predicted molar refractivity (Wildman–Crippen MR) is 99.4 cm³/mol. The molecule has 0 N–H and O–H groups in total. The van der Waals surface area contributed by atoms with Gasteiger partial charge in [-0.3, -0.25) is 0 Å². The molecular weight excluding hydrogens is 352 g/mol. The SMILES string of the molecule is Brc1cc(SCc2ccccc2)ccc1Cc1ccccc1. The average Bonchev–Trinajstić information content (AvgIpc) is 2.57. The summed E-state index contributed by atoms with van der Waals surface area (Å²) in [5.74, 6) is 1.01. The number of thioether (sulfide) groups is 1. The molecule has 0 aliphatic carbocycles. The van der Waals surface area contributed by atoms with E-state index < -0.39 is 0 Å². The molecule has 0 spiro atoms. The monoisotopic (exact) mass is 368 g/mol. The Hall–Kier alpha value is -1.51. The molecule has 3 rings (SSSR count). The minimum absolute atomic E-state index is 0.963. The van der Waals surface area contributed by atoms with Crippen LogP contribution < -0.4 is 0 Å². The van der Waals surface area contributed by atoms with E-state index in [1.807, 2.05) is 11.8 Å². The molecular formula is C20H17BrS. The lowest BCUT2D eigenvalue weighted by Crippen LogP contribution is -1.90. The summed E-state index contributed by atoms with van der Waals surface area (Å²) in [6.45, 7) is 0. The van der Waals surface area contributed by atoms with Crippen LogP contribution in [0.15, 0.2) is 88.2 Å². The molecule has 110 valence electrons. The summed E-state index contributed by atoms with van der Waals surface area (Å²) in [5.41, 5.74) is 4.03. The molecule has 0 saturated carbocycles. The van der Waals surface area contributed by atoms with Crippen LogP contribution in [-0.2, 0) is 12.2 Å². The Kier molecular flexibility index (Phi) is 5.36. The average molecular weight is 369 g/mol. The maximum Gasteiger partial charge on any atom is 0.0231 e. The summed E-state index contributed by atoms with van der Waals surface area (Å²) >= 11 is 5.59. The maximum absolute atomic E-state index is 3.72. The predicted octanol–water partition coefficient (Wildman–Crippen LogP) is 6.33. The normalized spacial score (nSPS) is 10.6. The van der Waals surface area contributed by atoms with Crippen LogP contribution in [0.5, 0.6) is 0 Å². The second kappa shape index (κ2) is 7.66. The number of hydrogen-bond donors (Lipinski definition) is 0. The molecule has 0 nitrogen and oxygen atoms in total. The van der Waals surface area contributed by atoms with E-state index in [1.54, 1.807) is 0 Å². The Morgan fingerprint density at radius 2 is 1.36 bits per heavy atom. The van der Waals surface area contributed by atoms with Gasteiger partial charge in [0.15, 0.2) is 0 Å². The van der Waals surface area contributed by atoms with Crippen molar-refractivity contribution in [1.82, 2.24) is 0 Å². The molecule has 0 radical (unpaired) electrons. The number of benzene rings is 3. The zero-order valence-corrected chi connectivity index (χ0v) is 14.6. The van der Waals surface area contributed by atoms with E-state index in [4.69, 9.17) is 0 Å². The molecule has 0 unspecified atom stereocenters. The minimum atomic E-state index is 0.963. The van der Waals surface area contributed by atoms with Crippen molar-refractivity contribution in [2.45, 2.75) is 17.1 Å². The van der Waals surface area contributed by atoms with Gasteiger partial charge in [0.05, 0.1) is 0 Å². The third kappa shape index (κ3) is 4.25. The van der Waals surface area contributed by atoms with Gasteiger partial charge in [0.2, 0.25) is 0 Å². The molecule has 0 fully saturated rings. The van der Waals surface area contributed by atoms with Crippen LogP contribution in [0.2, 0.25) is 0 Å². The fourth-order valence-corrected chi connectivity index (χ4v) is 3.88. The number of hydrogen-bond acceptors (Lipinski definition) is 1. The first-order chi connectivity index (χ1) is 10.8. The molecule has 3 aromatic carbocycles. The van der Waals surface area contributed by atoms with Crippen molar-refractivity contribution in [3.8, 4) is 0 Å². The zero-order chi connectivity index (χ0) is 15.2. The van der Waals surface area contributed by atoms with Gasteiger partial charge >= 0.3 is 0 Å². The molecule has 0 heterocycles. The van der Waals surface area contributed by atoms with Crippen LogP contribution in [-0.4, -0.2) is 0 Å². The Bertz CT molecular complexity index is 723. The molecule has 0 aromatic heterocycles. The maximum atomic E-state index is 3.72. The minimum Gasteiger partial charge on any atom is -0.121 e. The van der Waals surface area contributed by atoms with E-state index in [0.717, 1.165) is 12.2 Å². The van der Waals surface area contributed by atoms with Crippen LogP contribution >= 0.6 is 27.7 Å². The summed E-state index contributed by atoms with van der Waals surface area (Å²) in [4.78, 5) is 1.30. The fraction of sp³-hybridized carbons (Fsp3) is 0.100. The summed E-state index contributed by atoms with van der Waals surface area (Å²) in [5, 5.41) is 0. The van der Waals surface area contributed by atoms with Crippen molar-refractivity contribution < 1.29 is 0 Å². The highest BCUT2D eigenvalue weighted by Crippen LogP contribution is 2.29. The highest BCUT2D eigenvalue weighted by Gasteiger charge is 2.04. The molecule has 22 heavy (non-hydrogen) atoms. The Balaban J connectivity index is 1.67. The highest BCUT2D eigenvalue weighted by atomic mass is 79.9. The van der Waals surface area contributed by atoms with Gasteiger partial charge in [-0.1, -0.05) is 82.7 Å². The lowest BCUT2D eigenvalue weighted by Gasteiger charge is -2.08. The second-order valence-corrected chi connectivity index (χ2v) is 7.09. The van der Waals surface area contributed by atoms with E-state index in [9.17, 15) is 0 Å². The van der Waals surface area contributed by atoms with Crippen molar-refractivity contribution in [2.24, 2.45) is 0 Å². The van der Waals surface area contributed by atoms with E-state index >= 15 is 0 Å². The summed E-state index contributed by atoms with van der Waals surface area (Å²) in [6.07, 6.45) is 0.963. The topological polar surface area (TPSA) is 0 Å². The molecule has 0 saturated heterocycles. The van der Waals surface area contributed by atoms with Crippen LogP contribution in [0, 0.1) is 0 Å². The van der Waals surface area contributed by atoms with Crippen molar-refractivity contribution in [3.63, 3.8) is 0 Å². The number of rotatable bonds is 5.